The molecule has 1 heterocycles. The van der Waals surface area contributed by atoms with Crippen molar-refractivity contribution in [2.75, 3.05) is 13.1 Å². The van der Waals surface area contributed by atoms with Crippen LogP contribution in [0.4, 0.5) is 0 Å². The van der Waals surface area contributed by atoms with Gasteiger partial charge in [0, 0.05) is 13.1 Å². The Morgan fingerprint density at radius 2 is 1.80 bits per heavy atom. The molecule has 30 heavy (non-hydrogen) atoms. The number of benzene rings is 2. The highest BCUT2D eigenvalue weighted by Crippen LogP contribution is 2.26. The third-order valence-corrected chi connectivity index (χ3v) is 7.95. The zero-order valence-electron chi connectivity index (χ0n) is 18.3. The average Bonchev–Trinajstić information content (AvgIpc) is 2.74. The second kappa shape index (κ2) is 9.31. The Balaban J connectivity index is 1.71. The van der Waals surface area contributed by atoms with E-state index in [0.29, 0.717) is 19.4 Å². The van der Waals surface area contributed by atoms with E-state index in [1.54, 1.807) is 24.3 Å². The van der Waals surface area contributed by atoms with Crippen molar-refractivity contribution < 1.29 is 13.2 Å². The number of sulfonamides is 1. The fraction of sp³-hybridized carbons (Fsp3) is 0.458. The Bertz CT molecular complexity index is 1000. The summed E-state index contributed by atoms with van der Waals surface area (Å²) in [5.74, 6) is -0.400. The monoisotopic (exact) mass is 428 g/mol. The van der Waals surface area contributed by atoms with Crippen molar-refractivity contribution in [1.29, 1.82) is 0 Å². The summed E-state index contributed by atoms with van der Waals surface area (Å²) >= 11 is 0. The molecule has 2 aromatic carbocycles. The molecule has 2 atom stereocenters. The van der Waals surface area contributed by atoms with Gasteiger partial charge in [-0.3, -0.25) is 4.79 Å². The zero-order chi connectivity index (χ0) is 21.9. The Labute approximate surface area is 180 Å². The first-order valence-electron chi connectivity index (χ1n) is 10.7. The number of hydrogen-bond acceptors (Lipinski definition) is 3. The molecule has 0 radical (unpaired) electrons. The molecule has 5 nitrogen and oxygen atoms in total. The molecule has 2 aromatic rings. The van der Waals surface area contributed by atoms with Gasteiger partial charge >= 0.3 is 0 Å². The highest BCUT2D eigenvalue weighted by molar-refractivity contribution is 7.89. The normalized spacial score (nSPS) is 18.7. The summed E-state index contributed by atoms with van der Waals surface area (Å²) < 4.78 is 27.5. The van der Waals surface area contributed by atoms with Crippen LogP contribution in [0.2, 0.25) is 0 Å². The number of hydrogen-bond donors (Lipinski definition) is 1. The summed E-state index contributed by atoms with van der Waals surface area (Å²) in [6.45, 7) is 8.80. The second-order valence-corrected chi connectivity index (χ2v) is 10.3. The summed E-state index contributed by atoms with van der Waals surface area (Å²) in [6, 6.07) is 13.1. The number of aryl methyl sites for hydroxylation is 3. The van der Waals surface area contributed by atoms with Gasteiger partial charge in [0.05, 0.1) is 16.9 Å². The number of carbonyl (C=O) groups is 1. The number of carbonyl (C=O) groups excluding carboxylic acids is 1. The maximum absolute atomic E-state index is 13.0. The summed E-state index contributed by atoms with van der Waals surface area (Å²) in [6.07, 6.45) is 2.17. The molecule has 0 unspecified atom stereocenters. The molecule has 162 valence electrons. The Morgan fingerprint density at radius 3 is 2.43 bits per heavy atom. The van der Waals surface area contributed by atoms with E-state index in [2.05, 4.69) is 44.3 Å². The van der Waals surface area contributed by atoms with E-state index in [1.165, 1.54) is 15.4 Å². The molecule has 0 bridgehead atoms. The average molecular weight is 429 g/mol. The highest BCUT2D eigenvalue weighted by atomic mass is 32.2. The Hall–Kier alpha value is -2.18. The largest absolute Gasteiger partial charge is 0.349 e. The number of nitrogens with zero attached hydrogens (tertiary/aromatic N) is 1. The lowest BCUT2D eigenvalue weighted by atomic mass is 9.96. The number of nitrogens with one attached hydrogen (secondary N) is 1. The Kier molecular flexibility index (Phi) is 6.98. The van der Waals surface area contributed by atoms with Crippen molar-refractivity contribution in [3.8, 4) is 0 Å². The summed E-state index contributed by atoms with van der Waals surface area (Å²) in [5, 5.41) is 3.16. The highest BCUT2D eigenvalue weighted by Gasteiger charge is 2.33. The molecule has 1 saturated heterocycles. The first kappa shape index (κ1) is 22.5. The molecule has 0 aromatic heterocycles. The molecule has 1 amide bonds. The third kappa shape index (κ3) is 4.93. The van der Waals surface area contributed by atoms with Gasteiger partial charge in [-0.05, 0) is 68.9 Å². The minimum Gasteiger partial charge on any atom is -0.349 e. The van der Waals surface area contributed by atoms with Crippen LogP contribution in [0.15, 0.2) is 47.4 Å². The summed E-state index contributed by atoms with van der Waals surface area (Å²) in [7, 11) is -3.59. The van der Waals surface area contributed by atoms with Gasteiger partial charge in [-0.25, -0.2) is 8.42 Å². The fourth-order valence-corrected chi connectivity index (χ4v) is 5.45. The van der Waals surface area contributed by atoms with Crippen molar-refractivity contribution in [3.05, 3.63) is 64.7 Å². The van der Waals surface area contributed by atoms with Gasteiger partial charge in [-0.2, -0.15) is 4.31 Å². The molecular weight excluding hydrogens is 396 g/mol. The standard InChI is InChI=1S/C24H32N2O3S/c1-5-23(20-11-10-18(3)19(4)15-20)25-24(27)21-7-6-14-26(16-21)30(28,29)22-12-8-17(2)9-13-22/h8-13,15,21,23H,5-7,14,16H2,1-4H3,(H,25,27)/t21-,23-/m0/s1. The van der Waals surface area contributed by atoms with E-state index in [1.807, 2.05) is 6.92 Å². The van der Waals surface area contributed by atoms with Gasteiger partial charge < -0.3 is 5.32 Å². The van der Waals surface area contributed by atoms with Crippen LogP contribution in [0.25, 0.3) is 0 Å². The smallest absolute Gasteiger partial charge is 0.243 e. The first-order chi connectivity index (χ1) is 14.2. The fourth-order valence-electron chi connectivity index (χ4n) is 3.93. The van der Waals surface area contributed by atoms with E-state index in [4.69, 9.17) is 0 Å². The van der Waals surface area contributed by atoms with Gasteiger partial charge in [0.2, 0.25) is 15.9 Å². The van der Waals surface area contributed by atoms with Crippen molar-refractivity contribution >= 4 is 15.9 Å². The maximum atomic E-state index is 13.0. The van der Waals surface area contributed by atoms with Crippen molar-refractivity contribution in [3.63, 3.8) is 0 Å². The molecule has 3 rings (SSSR count). The molecule has 0 spiro atoms. The number of amides is 1. The van der Waals surface area contributed by atoms with Gasteiger partial charge in [-0.15, -0.1) is 0 Å². The molecular formula is C24H32N2O3S. The topological polar surface area (TPSA) is 66.5 Å². The number of piperidine rings is 1. The van der Waals surface area contributed by atoms with Gasteiger partial charge in [0.15, 0.2) is 0 Å². The van der Waals surface area contributed by atoms with Crippen LogP contribution in [0.1, 0.15) is 54.5 Å². The molecule has 6 heteroatoms. The second-order valence-electron chi connectivity index (χ2n) is 8.33. The SMILES string of the molecule is CC[C@H](NC(=O)[C@H]1CCCN(S(=O)(=O)c2ccc(C)cc2)C1)c1ccc(C)c(C)c1. The zero-order valence-corrected chi connectivity index (χ0v) is 19.1. The van der Waals surface area contributed by atoms with Crippen LogP contribution in [0.3, 0.4) is 0 Å². The van der Waals surface area contributed by atoms with Crippen LogP contribution in [-0.2, 0) is 14.8 Å². The van der Waals surface area contributed by atoms with Crippen LogP contribution in [0.5, 0.6) is 0 Å². The van der Waals surface area contributed by atoms with E-state index < -0.39 is 10.0 Å². The molecule has 1 fully saturated rings. The van der Waals surface area contributed by atoms with Crippen molar-refractivity contribution in [1.82, 2.24) is 9.62 Å². The molecule has 1 aliphatic rings. The Morgan fingerprint density at radius 1 is 1.10 bits per heavy atom. The quantitative estimate of drug-likeness (QED) is 0.747. The maximum Gasteiger partial charge on any atom is 0.243 e. The number of rotatable bonds is 6. The first-order valence-corrected chi connectivity index (χ1v) is 12.1. The third-order valence-electron chi connectivity index (χ3n) is 6.07. The lowest BCUT2D eigenvalue weighted by molar-refractivity contribution is -0.126. The van der Waals surface area contributed by atoms with Crippen molar-refractivity contribution in [2.24, 2.45) is 5.92 Å². The van der Waals surface area contributed by atoms with Gasteiger partial charge in [-0.1, -0.05) is 42.8 Å². The lowest BCUT2D eigenvalue weighted by Gasteiger charge is -2.32. The molecule has 1 N–H and O–H groups in total. The van der Waals surface area contributed by atoms with Crippen LogP contribution in [-0.4, -0.2) is 31.7 Å². The molecule has 0 saturated carbocycles. The van der Waals surface area contributed by atoms with Crippen LogP contribution < -0.4 is 5.32 Å². The summed E-state index contributed by atoms with van der Waals surface area (Å²) in [4.78, 5) is 13.3. The molecule has 0 aliphatic carbocycles. The predicted octanol–water partition coefficient (Wildman–Crippen LogP) is 4.28. The van der Waals surface area contributed by atoms with Gasteiger partial charge in [0.25, 0.3) is 0 Å². The summed E-state index contributed by atoms with van der Waals surface area (Å²) in [5.41, 5.74) is 4.54. The molecule has 1 aliphatic heterocycles. The lowest BCUT2D eigenvalue weighted by Crippen LogP contribution is -2.46. The van der Waals surface area contributed by atoms with E-state index in [-0.39, 0.29) is 29.3 Å². The van der Waals surface area contributed by atoms with E-state index >= 15 is 0 Å². The van der Waals surface area contributed by atoms with E-state index in [0.717, 1.165) is 17.5 Å². The van der Waals surface area contributed by atoms with E-state index in [9.17, 15) is 13.2 Å². The minimum absolute atomic E-state index is 0.0658. The van der Waals surface area contributed by atoms with Crippen molar-refractivity contribution in [2.45, 2.75) is 57.9 Å². The van der Waals surface area contributed by atoms with Gasteiger partial charge in [0.1, 0.15) is 0 Å². The van der Waals surface area contributed by atoms with Crippen LogP contribution in [0, 0.1) is 26.7 Å². The predicted molar refractivity (Wildman–Crippen MR) is 120 cm³/mol. The minimum atomic E-state index is -3.59. The van der Waals surface area contributed by atoms with Crippen LogP contribution >= 0.6 is 0 Å².